The Hall–Kier alpha value is -1.64. The van der Waals surface area contributed by atoms with Crippen molar-refractivity contribution in [2.75, 3.05) is 0 Å². The van der Waals surface area contributed by atoms with Crippen LogP contribution in [0.3, 0.4) is 0 Å². The van der Waals surface area contributed by atoms with Gasteiger partial charge in [0.25, 0.3) is 0 Å². The second-order valence-electron chi connectivity index (χ2n) is 3.60. The summed E-state index contributed by atoms with van der Waals surface area (Å²) in [5, 5.41) is 0. The highest BCUT2D eigenvalue weighted by atomic mass is 16.1. The van der Waals surface area contributed by atoms with Crippen LogP contribution in [0.1, 0.15) is 28.7 Å². The van der Waals surface area contributed by atoms with Crippen LogP contribution in [-0.2, 0) is 0 Å². The van der Waals surface area contributed by atoms with E-state index < -0.39 is 0 Å². The predicted molar refractivity (Wildman–Crippen MR) is 55.6 cm³/mol. The fourth-order valence-corrected chi connectivity index (χ4v) is 1.44. The van der Waals surface area contributed by atoms with Crippen molar-refractivity contribution in [1.29, 1.82) is 0 Å². The predicted octanol–water partition coefficient (Wildman–Crippen LogP) is 2.38. The number of rotatable bonds is 1. The lowest BCUT2D eigenvalue weighted by molar-refractivity contribution is 0.100. The van der Waals surface area contributed by atoms with Crippen LogP contribution in [0.4, 0.5) is 0 Å². The summed E-state index contributed by atoms with van der Waals surface area (Å²) in [7, 11) is 0. The van der Waals surface area contributed by atoms with Crippen molar-refractivity contribution >= 4 is 16.8 Å². The molecule has 0 aliphatic carbocycles. The number of hydrogen-bond acceptors (Lipinski definition) is 2. The van der Waals surface area contributed by atoms with Gasteiger partial charge in [-0.3, -0.25) is 4.79 Å². The van der Waals surface area contributed by atoms with E-state index in [0.29, 0.717) is 5.82 Å². The number of aromatic amines is 1. The molecule has 0 bridgehead atoms. The molecule has 72 valence electrons. The van der Waals surface area contributed by atoms with Crippen molar-refractivity contribution < 1.29 is 4.79 Å². The van der Waals surface area contributed by atoms with Crippen molar-refractivity contribution in [2.24, 2.45) is 0 Å². The molecule has 2 aromatic rings. The molecule has 0 atom stereocenters. The molecule has 0 fully saturated rings. The monoisotopic (exact) mass is 188 g/mol. The summed E-state index contributed by atoms with van der Waals surface area (Å²) < 4.78 is 0. The number of benzene rings is 1. The number of nitrogens with one attached hydrogen (secondary N) is 1. The highest BCUT2D eigenvalue weighted by molar-refractivity contribution is 5.94. The van der Waals surface area contributed by atoms with E-state index in [-0.39, 0.29) is 5.78 Å². The Bertz CT molecular complexity index is 472. The Morgan fingerprint density at radius 3 is 2.57 bits per heavy atom. The average molecular weight is 188 g/mol. The third-order valence-corrected chi connectivity index (χ3v) is 2.43. The molecule has 2 rings (SSSR count). The van der Waals surface area contributed by atoms with Crippen LogP contribution in [0.5, 0.6) is 0 Å². The molecule has 1 N–H and O–H groups in total. The largest absolute Gasteiger partial charge is 0.335 e. The molecular formula is C11H12N2O. The highest BCUT2D eigenvalue weighted by Gasteiger charge is 2.07. The molecule has 0 saturated heterocycles. The van der Waals surface area contributed by atoms with E-state index >= 15 is 0 Å². The zero-order valence-corrected chi connectivity index (χ0v) is 8.51. The van der Waals surface area contributed by atoms with Gasteiger partial charge in [-0.15, -0.1) is 0 Å². The molecule has 3 heteroatoms. The minimum Gasteiger partial charge on any atom is -0.335 e. The molecule has 0 unspecified atom stereocenters. The summed E-state index contributed by atoms with van der Waals surface area (Å²) in [6.45, 7) is 5.59. The summed E-state index contributed by atoms with van der Waals surface area (Å²) in [6, 6.07) is 4.01. The fraction of sp³-hybridized carbons (Fsp3) is 0.273. The number of carbonyl (C=O) groups excluding carboxylic acids is 1. The quantitative estimate of drug-likeness (QED) is 0.698. The first kappa shape index (κ1) is 8.94. The number of ketones is 1. The number of aryl methyl sites for hydroxylation is 2. The molecule has 0 amide bonds. The number of fused-ring (bicyclic) bond motifs is 1. The lowest BCUT2D eigenvalue weighted by Gasteiger charge is -1.97. The van der Waals surface area contributed by atoms with E-state index in [2.05, 4.69) is 9.97 Å². The van der Waals surface area contributed by atoms with Crippen molar-refractivity contribution in [1.82, 2.24) is 9.97 Å². The van der Waals surface area contributed by atoms with Gasteiger partial charge in [-0.2, -0.15) is 0 Å². The van der Waals surface area contributed by atoms with Crippen LogP contribution < -0.4 is 0 Å². The number of carbonyl (C=O) groups is 1. The molecule has 1 aromatic heterocycles. The molecular weight excluding hydrogens is 176 g/mol. The fourth-order valence-electron chi connectivity index (χ4n) is 1.44. The maximum atomic E-state index is 11.1. The van der Waals surface area contributed by atoms with E-state index in [4.69, 9.17) is 0 Å². The second kappa shape index (κ2) is 2.94. The molecule has 0 saturated carbocycles. The van der Waals surface area contributed by atoms with Gasteiger partial charge >= 0.3 is 0 Å². The van der Waals surface area contributed by atoms with Gasteiger partial charge in [0, 0.05) is 6.92 Å². The molecule has 0 aliphatic rings. The summed E-state index contributed by atoms with van der Waals surface area (Å²) in [5.74, 6) is 0.404. The van der Waals surface area contributed by atoms with Gasteiger partial charge in [-0.05, 0) is 37.1 Å². The molecule has 1 aromatic carbocycles. The smallest absolute Gasteiger partial charge is 0.195 e. The summed E-state index contributed by atoms with van der Waals surface area (Å²) in [5.41, 5.74) is 4.19. The van der Waals surface area contributed by atoms with Crippen molar-refractivity contribution in [3.63, 3.8) is 0 Å². The lowest BCUT2D eigenvalue weighted by atomic mass is 10.1. The first-order valence-corrected chi connectivity index (χ1v) is 4.56. The van der Waals surface area contributed by atoms with Gasteiger partial charge in [0.05, 0.1) is 11.0 Å². The van der Waals surface area contributed by atoms with Gasteiger partial charge in [-0.25, -0.2) is 4.98 Å². The van der Waals surface area contributed by atoms with Crippen LogP contribution in [0, 0.1) is 13.8 Å². The highest BCUT2D eigenvalue weighted by Crippen LogP contribution is 2.17. The molecule has 0 spiro atoms. The molecule has 14 heavy (non-hydrogen) atoms. The summed E-state index contributed by atoms with van der Waals surface area (Å²) in [4.78, 5) is 18.3. The second-order valence-corrected chi connectivity index (χ2v) is 3.60. The zero-order chi connectivity index (χ0) is 10.3. The SMILES string of the molecule is CC(=O)c1nc2cc(C)c(C)cc2[nH]1. The number of Topliss-reactive ketones (excluding diaryl/α,β-unsaturated/α-hetero) is 1. The number of nitrogens with zero attached hydrogens (tertiary/aromatic N) is 1. The van der Waals surface area contributed by atoms with Gasteiger partial charge in [0.15, 0.2) is 11.6 Å². The van der Waals surface area contributed by atoms with E-state index in [9.17, 15) is 4.79 Å². The zero-order valence-electron chi connectivity index (χ0n) is 8.51. The maximum Gasteiger partial charge on any atom is 0.195 e. The Morgan fingerprint density at radius 1 is 1.29 bits per heavy atom. The maximum absolute atomic E-state index is 11.1. The van der Waals surface area contributed by atoms with Gasteiger partial charge in [0.1, 0.15) is 0 Å². The van der Waals surface area contributed by atoms with Gasteiger partial charge < -0.3 is 4.98 Å². The standard InChI is InChI=1S/C11H12N2O/c1-6-4-9-10(5-7(6)2)13-11(12-9)8(3)14/h4-5H,1-3H3,(H,12,13). The van der Waals surface area contributed by atoms with Gasteiger partial charge in [-0.1, -0.05) is 0 Å². The first-order valence-electron chi connectivity index (χ1n) is 4.56. The van der Waals surface area contributed by atoms with Crippen molar-refractivity contribution in [2.45, 2.75) is 20.8 Å². The third-order valence-electron chi connectivity index (χ3n) is 2.43. The molecule has 0 aliphatic heterocycles. The number of imidazole rings is 1. The first-order chi connectivity index (χ1) is 6.58. The van der Waals surface area contributed by atoms with Crippen LogP contribution >= 0.6 is 0 Å². The lowest BCUT2D eigenvalue weighted by Crippen LogP contribution is -1.93. The van der Waals surface area contributed by atoms with Crippen molar-refractivity contribution in [3.05, 3.63) is 29.1 Å². The minimum absolute atomic E-state index is 0.0310. The molecule has 3 nitrogen and oxygen atoms in total. The summed E-state index contributed by atoms with van der Waals surface area (Å²) >= 11 is 0. The van der Waals surface area contributed by atoms with E-state index in [0.717, 1.165) is 11.0 Å². The average Bonchev–Trinajstić information content (AvgIpc) is 2.48. The van der Waals surface area contributed by atoms with E-state index in [1.807, 2.05) is 26.0 Å². The van der Waals surface area contributed by atoms with E-state index in [1.54, 1.807) is 0 Å². The Balaban J connectivity index is 2.72. The topological polar surface area (TPSA) is 45.8 Å². The van der Waals surface area contributed by atoms with Crippen LogP contribution in [0.2, 0.25) is 0 Å². The van der Waals surface area contributed by atoms with Crippen LogP contribution in [0.25, 0.3) is 11.0 Å². The van der Waals surface area contributed by atoms with Crippen LogP contribution in [-0.4, -0.2) is 15.8 Å². The normalized spacial score (nSPS) is 10.8. The van der Waals surface area contributed by atoms with Crippen molar-refractivity contribution in [3.8, 4) is 0 Å². The third kappa shape index (κ3) is 1.31. The van der Waals surface area contributed by atoms with Gasteiger partial charge in [0.2, 0.25) is 0 Å². The number of hydrogen-bond donors (Lipinski definition) is 1. The van der Waals surface area contributed by atoms with Crippen LogP contribution in [0.15, 0.2) is 12.1 Å². The Morgan fingerprint density at radius 2 is 1.93 bits per heavy atom. The summed E-state index contributed by atoms with van der Waals surface area (Å²) in [6.07, 6.45) is 0. The Kier molecular flexibility index (Phi) is 1.88. The number of aromatic nitrogens is 2. The Labute approximate surface area is 82.2 Å². The number of H-pyrrole nitrogens is 1. The molecule has 1 heterocycles. The molecule has 0 radical (unpaired) electrons. The minimum atomic E-state index is -0.0310. The van der Waals surface area contributed by atoms with E-state index in [1.165, 1.54) is 18.1 Å².